The fourth-order valence-electron chi connectivity index (χ4n) is 1.90. The molecule has 0 heterocycles. The van der Waals surface area contributed by atoms with Gasteiger partial charge in [0.2, 0.25) is 0 Å². The summed E-state index contributed by atoms with van der Waals surface area (Å²) in [5.74, 6) is 0.616. The topological polar surface area (TPSA) is 47.6 Å². The molecule has 0 aliphatic carbocycles. The van der Waals surface area contributed by atoms with E-state index < -0.39 is 0 Å². The first-order chi connectivity index (χ1) is 11.2. The van der Waals surface area contributed by atoms with Crippen molar-refractivity contribution in [1.29, 1.82) is 0 Å². The molecule has 2 rings (SSSR count). The fourth-order valence-corrected chi connectivity index (χ4v) is 1.90. The van der Waals surface area contributed by atoms with Gasteiger partial charge in [-0.15, -0.1) is 0 Å². The molecule has 2 aromatic carbocycles. The van der Waals surface area contributed by atoms with E-state index in [0.29, 0.717) is 24.7 Å². The quantitative estimate of drug-likeness (QED) is 0.812. The molecule has 0 saturated heterocycles. The largest absolute Gasteiger partial charge is 0.490 e. The molecule has 0 radical (unpaired) electrons. The van der Waals surface area contributed by atoms with Crippen LogP contribution < -0.4 is 14.8 Å². The maximum atomic E-state index is 12.8. The standard InChI is InChI=1S/C18H20FNO3/c1-2-11-22-16-5-3-4-6-17(16)23-13-18(21)20-12-14-7-9-15(19)10-8-14/h3-10H,2,11-13H2,1H3,(H,20,21). The molecule has 1 N–H and O–H groups in total. The number of carbonyl (C=O) groups excluding carboxylic acids is 1. The zero-order valence-electron chi connectivity index (χ0n) is 13.0. The van der Waals surface area contributed by atoms with Crippen LogP contribution in [-0.2, 0) is 11.3 Å². The average Bonchev–Trinajstić information content (AvgIpc) is 2.58. The number of hydrogen-bond acceptors (Lipinski definition) is 3. The Labute approximate surface area is 135 Å². The van der Waals surface area contributed by atoms with Crippen LogP contribution in [0, 0.1) is 5.82 Å². The highest BCUT2D eigenvalue weighted by atomic mass is 19.1. The Morgan fingerprint density at radius 2 is 1.70 bits per heavy atom. The molecule has 1 amide bonds. The Bertz CT molecular complexity index is 628. The molecule has 0 aliphatic heterocycles. The number of benzene rings is 2. The van der Waals surface area contributed by atoms with E-state index >= 15 is 0 Å². The number of ether oxygens (including phenoxy) is 2. The van der Waals surface area contributed by atoms with Gasteiger partial charge < -0.3 is 14.8 Å². The molecule has 0 atom stereocenters. The van der Waals surface area contributed by atoms with Crippen LogP contribution in [0.3, 0.4) is 0 Å². The van der Waals surface area contributed by atoms with E-state index in [9.17, 15) is 9.18 Å². The van der Waals surface area contributed by atoms with Crippen LogP contribution in [0.4, 0.5) is 4.39 Å². The Morgan fingerprint density at radius 1 is 1.04 bits per heavy atom. The van der Waals surface area contributed by atoms with Gasteiger partial charge in [-0.05, 0) is 36.2 Å². The predicted molar refractivity (Wildman–Crippen MR) is 86.0 cm³/mol. The molecule has 0 spiro atoms. The lowest BCUT2D eigenvalue weighted by molar-refractivity contribution is -0.123. The Hall–Kier alpha value is -2.56. The van der Waals surface area contributed by atoms with E-state index in [1.165, 1.54) is 12.1 Å². The summed E-state index contributed by atoms with van der Waals surface area (Å²) in [5.41, 5.74) is 0.825. The number of carbonyl (C=O) groups is 1. The van der Waals surface area contributed by atoms with Crippen LogP contribution in [0.5, 0.6) is 11.5 Å². The normalized spacial score (nSPS) is 10.2. The van der Waals surface area contributed by atoms with Gasteiger partial charge in [0, 0.05) is 6.54 Å². The van der Waals surface area contributed by atoms with Crippen molar-refractivity contribution in [2.45, 2.75) is 19.9 Å². The monoisotopic (exact) mass is 317 g/mol. The average molecular weight is 317 g/mol. The summed E-state index contributed by atoms with van der Waals surface area (Å²) in [7, 11) is 0. The first-order valence-corrected chi connectivity index (χ1v) is 7.55. The number of para-hydroxylation sites is 2. The molecular weight excluding hydrogens is 297 g/mol. The van der Waals surface area contributed by atoms with Crippen LogP contribution in [0.2, 0.25) is 0 Å². The highest BCUT2D eigenvalue weighted by molar-refractivity contribution is 5.77. The van der Waals surface area contributed by atoms with Crippen LogP contribution in [0.25, 0.3) is 0 Å². The lowest BCUT2D eigenvalue weighted by Crippen LogP contribution is -2.28. The lowest BCUT2D eigenvalue weighted by Gasteiger charge is -2.12. The minimum absolute atomic E-state index is 0.103. The van der Waals surface area contributed by atoms with E-state index in [4.69, 9.17) is 9.47 Å². The summed E-state index contributed by atoms with van der Waals surface area (Å²) in [6.45, 7) is 2.84. The van der Waals surface area contributed by atoms with E-state index in [1.807, 2.05) is 19.1 Å². The van der Waals surface area contributed by atoms with Crippen LogP contribution >= 0.6 is 0 Å². The summed E-state index contributed by atoms with van der Waals surface area (Å²) >= 11 is 0. The molecule has 0 aromatic heterocycles. The second-order valence-corrected chi connectivity index (χ2v) is 4.99. The molecule has 0 saturated carbocycles. The minimum Gasteiger partial charge on any atom is -0.490 e. The minimum atomic E-state index is -0.299. The molecule has 4 nitrogen and oxygen atoms in total. The van der Waals surface area contributed by atoms with E-state index in [1.54, 1.807) is 24.3 Å². The van der Waals surface area contributed by atoms with Gasteiger partial charge in [-0.25, -0.2) is 4.39 Å². The molecule has 0 bridgehead atoms. The van der Waals surface area contributed by atoms with Crippen LogP contribution in [0.15, 0.2) is 48.5 Å². The van der Waals surface area contributed by atoms with Gasteiger partial charge >= 0.3 is 0 Å². The van der Waals surface area contributed by atoms with Crippen molar-refractivity contribution in [3.8, 4) is 11.5 Å². The number of rotatable bonds is 8. The third-order valence-electron chi connectivity index (χ3n) is 3.07. The van der Waals surface area contributed by atoms with Crippen molar-refractivity contribution < 1.29 is 18.7 Å². The van der Waals surface area contributed by atoms with Gasteiger partial charge in [-0.3, -0.25) is 4.79 Å². The molecule has 23 heavy (non-hydrogen) atoms. The second kappa shape index (κ2) is 8.78. The second-order valence-electron chi connectivity index (χ2n) is 4.99. The van der Waals surface area contributed by atoms with Crippen molar-refractivity contribution in [2.75, 3.05) is 13.2 Å². The van der Waals surface area contributed by atoms with Crippen molar-refractivity contribution in [3.63, 3.8) is 0 Å². The van der Waals surface area contributed by atoms with E-state index in [-0.39, 0.29) is 18.3 Å². The summed E-state index contributed by atoms with van der Waals surface area (Å²) in [4.78, 5) is 11.8. The van der Waals surface area contributed by atoms with Crippen molar-refractivity contribution in [2.24, 2.45) is 0 Å². The predicted octanol–water partition coefficient (Wildman–Crippen LogP) is 3.31. The van der Waals surface area contributed by atoms with Crippen molar-refractivity contribution in [1.82, 2.24) is 5.32 Å². The summed E-state index contributed by atoms with van der Waals surface area (Å²) in [5, 5.41) is 2.72. The zero-order chi connectivity index (χ0) is 16.5. The highest BCUT2D eigenvalue weighted by Gasteiger charge is 2.07. The SMILES string of the molecule is CCCOc1ccccc1OCC(=O)NCc1ccc(F)cc1. The molecule has 0 unspecified atom stereocenters. The van der Waals surface area contributed by atoms with Crippen molar-refractivity contribution >= 4 is 5.91 Å². The van der Waals surface area contributed by atoms with Gasteiger partial charge in [-0.2, -0.15) is 0 Å². The summed E-state index contributed by atoms with van der Waals surface area (Å²) in [6.07, 6.45) is 0.895. The summed E-state index contributed by atoms with van der Waals surface area (Å²) in [6, 6.07) is 13.2. The van der Waals surface area contributed by atoms with Gasteiger partial charge in [0.05, 0.1) is 6.61 Å². The van der Waals surface area contributed by atoms with Gasteiger partial charge in [0.25, 0.3) is 5.91 Å². The molecular formula is C18H20FNO3. The zero-order valence-corrected chi connectivity index (χ0v) is 13.0. The molecule has 0 aliphatic rings. The smallest absolute Gasteiger partial charge is 0.258 e. The number of nitrogens with one attached hydrogen (secondary N) is 1. The van der Waals surface area contributed by atoms with Gasteiger partial charge in [0.1, 0.15) is 5.82 Å². The first kappa shape index (κ1) is 16.8. The molecule has 5 heteroatoms. The van der Waals surface area contributed by atoms with E-state index in [0.717, 1.165) is 12.0 Å². The van der Waals surface area contributed by atoms with Gasteiger partial charge in [0.15, 0.2) is 18.1 Å². The van der Waals surface area contributed by atoms with Crippen molar-refractivity contribution in [3.05, 3.63) is 59.9 Å². The Kier molecular flexibility index (Phi) is 6.41. The maximum absolute atomic E-state index is 12.8. The van der Waals surface area contributed by atoms with Crippen LogP contribution in [0.1, 0.15) is 18.9 Å². The number of halogens is 1. The Balaban J connectivity index is 1.81. The third kappa shape index (κ3) is 5.62. The molecule has 2 aromatic rings. The lowest BCUT2D eigenvalue weighted by atomic mass is 10.2. The first-order valence-electron chi connectivity index (χ1n) is 7.55. The maximum Gasteiger partial charge on any atom is 0.258 e. The third-order valence-corrected chi connectivity index (χ3v) is 3.07. The Morgan fingerprint density at radius 3 is 2.35 bits per heavy atom. The fraction of sp³-hybridized carbons (Fsp3) is 0.278. The highest BCUT2D eigenvalue weighted by Crippen LogP contribution is 2.26. The van der Waals surface area contributed by atoms with Crippen LogP contribution in [-0.4, -0.2) is 19.1 Å². The van der Waals surface area contributed by atoms with E-state index in [2.05, 4.69) is 5.32 Å². The number of hydrogen-bond donors (Lipinski definition) is 1. The molecule has 0 fully saturated rings. The molecule has 122 valence electrons. The number of amides is 1. The van der Waals surface area contributed by atoms with Gasteiger partial charge in [-0.1, -0.05) is 31.2 Å². The summed E-state index contributed by atoms with van der Waals surface area (Å²) < 4.78 is 23.9.